The van der Waals surface area contributed by atoms with E-state index < -0.39 is 0 Å². The largest absolute Gasteiger partial charge is 0.371 e. The second-order valence-electron chi connectivity index (χ2n) is 5.89. The summed E-state index contributed by atoms with van der Waals surface area (Å²) in [5.41, 5.74) is 0.327. The van der Waals surface area contributed by atoms with Gasteiger partial charge in [-0.05, 0) is 25.0 Å². The van der Waals surface area contributed by atoms with Crippen molar-refractivity contribution in [2.75, 3.05) is 11.9 Å². The summed E-state index contributed by atoms with van der Waals surface area (Å²) in [6.45, 7) is 2.65. The molecule has 0 atom stereocenters. The molecule has 1 heterocycles. The van der Waals surface area contributed by atoms with E-state index in [2.05, 4.69) is 21.2 Å². The van der Waals surface area contributed by atoms with Gasteiger partial charge in [0.05, 0.1) is 5.56 Å². The molecule has 0 saturated carbocycles. The zero-order chi connectivity index (χ0) is 18.6. The van der Waals surface area contributed by atoms with Crippen molar-refractivity contribution in [1.82, 2.24) is 9.13 Å². The lowest BCUT2D eigenvalue weighted by Crippen LogP contribution is -2.40. The third-order valence-corrected chi connectivity index (χ3v) is 4.60. The molecule has 2 aromatic rings. The van der Waals surface area contributed by atoms with Crippen LogP contribution >= 0.6 is 15.9 Å². The van der Waals surface area contributed by atoms with Gasteiger partial charge in [-0.2, -0.15) is 0 Å². The van der Waals surface area contributed by atoms with Gasteiger partial charge >= 0.3 is 5.69 Å². The van der Waals surface area contributed by atoms with Crippen LogP contribution in [-0.2, 0) is 20.5 Å². The second kappa shape index (κ2) is 8.29. The number of anilines is 1. The summed E-state index contributed by atoms with van der Waals surface area (Å²) in [5.74, 6) is 0.461. The molecule has 0 amide bonds. The van der Waals surface area contributed by atoms with Crippen LogP contribution in [0.3, 0.4) is 0 Å². The van der Waals surface area contributed by atoms with Crippen molar-refractivity contribution < 1.29 is 4.79 Å². The lowest BCUT2D eigenvalue weighted by molar-refractivity contribution is 0.0982. The molecule has 25 heavy (non-hydrogen) atoms. The zero-order valence-corrected chi connectivity index (χ0v) is 16.2. The fourth-order valence-corrected chi connectivity index (χ4v) is 2.89. The van der Waals surface area contributed by atoms with Gasteiger partial charge in [0.25, 0.3) is 5.56 Å². The molecule has 0 spiro atoms. The Hall–Kier alpha value is -2.15. The Balaban J connectivity index is 2.31. The van der Waals surface area contributed by atoms with Crippen molar-refractivity contribution in [3.63, 3.8) is 0 Å². The summed E-state index contributed by atoms with van der Waals surface area (Å²) < 4.78 is 3.41. The minimum atomic E-state index is -0.383. The van der Waals surface area contributed by atoms with Gasteiger partial charge in [0.1, 0.15) is 5.82 Å². The van der Waals surface area contributed by atoms with Gasteiger partial charge in [0.15, 0.2) is 5.78 Å². The highest BCUT2D eigenvalue weighted by Crippen LogP contribution is 2.15. The molecule has 0 aliphatic rings. The maximum Gasteiger partial charge on any atom is 0.332 e. The van der Waals surface area contributed by atoms with Gasteiger partial charge < -0.3 is 5.32 Å². The molecule has 0 unspecified atom stereocenters. The number of halogens is 1. The predicted octanol–water partition coefficient (Wildman–Crippen LogP) is 2.48. The van der Waals surface area contributed by atoms with E-state index in [0.717, 1.165) is 15.5 Å². The van der Waals surface area contributed by atoms with Crippen molar-refractivity contribution >= 4 is 27.5 Å². The predicted molar refractivity (Wildman–Crippen MR) is 102 cm³/mol. The number of aromatic nitrogens is 2. The SMILES string of the molecule is CCCNc1c(CCC(=O)c2ccc(Br)cc2)c(=O)n(C)c(=O)n1C. The molecular weight excluding hydrogens is 386 g/mol. The Bertz CT molecular complexity index is 882. The number of hydrogen-bond acceptors (Lipinski definition) is 4. The van der Waals surface area contributed by atoms with Crippen molar-refractivity contribution in [1.29, 1.82) is 0 Å². The average molecular weight is 408 g/mol. The van der Waals surface area contributed by atoms with Gasteiger partial charge in [-0.25, -0.2) is 4.79 Å². The third kappa shape index (κ3) is 4.28. The van der Waals surface area contributed by atoms with Crippen LogP contribution in [0.2, 0.25) is 0 Å². The standard InChI is InChI=1S/C18H22BrN3O3/c1-4-11-20-16-14(17(24)22(3)18(25)21(16)2)9-10-15(23)12-5-7-13(19)8-6-12/h5-8,20H,4,9-11H2,1-3H3. The van der Waals surface area contributed by atoms with E-state index in [1.165, 1.54) is 11.6 Å². The first-order valence-electron chi connectivity index (χ1n) is 8.18. The van der Waals surface area contributed by atoms with E-state index in [1.54, 1.807) is 19.2 Å². The van der Waals surface area contributed by atoms with Crippen molar-refractivity contribution in [2.45, 2.75) is 26.2 Å². The van der Waals surface area contributed by atoms with Crippen LogP contribution in [0.5, 0.6) is 0 Å². The summed E-state index contributed by atoms with van der Waals surface area (Å²) >= 11 is 3.34. The van der Waals surface area contributed by atoms with E-state index >= 15 is 0 Å². The second-order valence-corrected chi connectivity index (χ2v) is 6.81. The van der Waals surface area contributed by atoms with Gasteiger partial charge in [-0.3, -0.25) is 18.7 Å². The van der Waals surface area contributed by atoms with E-state index in [1.807, 2.05) is 19.1 Å². The maximum atomic E-state index is 12.5. The molecule has 1 aromatic carbocycles. The first-order valence-corrected chi connectivity index (χ1v) is 8.97. The lowest BCUT2D eigenvalue weighted by Gasteiger charge is -2.16. The Morgan fingerprint density at radius 3 is 2.36 bits per heavy atom. The van der Waals surface area contributed by atoms with Crippen molar-refractivity contribution in [3.8, 4) is 0 Å². The van der Waals surface area contributed by atoms with Gasteiger partial charge in [0.2, 0.25) is 0 Å². The molecule has 7 heteroatoms. The van der Waals surface area contributed by atoms with Crippen LogP contribution in [0, 0.1) is 0 Å². The quantitative estimate of drug-likeness (QED) is 0.715. The summed E-state index contributed by atoms with van der Waals surface area (Å²) in [7, 11) is 3.08. The Kier molecular flexibility index (Phi) is 6.36. The number of ketones is 1. The van der Waals surface area contributed by atoms with E-state index in [9.17, 15) is 14.4 Å². The number of nitrogens with zero attached hydrogens (tertiary/aromatic N) is 2. The number of Topliss-reactive ketones (excluding diaryl/α,β-unsaturated/α-hetero) is 1. The summed E-state index contributed by atoms with van der Waals surface area (Å²) in [4.78, 5) is 37.0. The number of benzene rings is 1. The van der Waals surface area contributed by atoms with Crippen LogP contribution in [0.4, 0.5) is 5.82 Å². The molecule has 0 aliphatic heterocycles. The number of rotatable bonds is 7. The van der Waals surface area contributed by atoms with Crippen molar-refractivity contribution in [3.05, 3.63) is 60.7 Å². The van der Waals surface area contributed by atoms with Gasteiger partial charge in [-0.15, -0.1) is 0 Å². The van der Waals surface area contributed by atoms with Crippen LogP contribution in [-0.4, -0.2) is 21.5 Å². The average Bonchev–Trinajstić information content (AvgIpc) is 2.61. The van der Waals surface area contributed by atoms with Gasteiger partial charge in [0, 0.05) is 37.1 Å². The fraction of sp³-hybridized carbons (Fsp3) is 0.389. The van der Waals surface area contributed by atoms with Crippen molar-refractivity contribution in [2.24, 2.45) is 14.1 Å². The molecule has 0 bridgehead atoms. The summed E-state index contributed by atoms with van der Waals surface area (Å²) in [6.07, 6.45) is 1.35. The molecule has 1 aromatic heterocycles. The summed E-state index contributed by atoms with van der Waals surface area (Å²) in [6, 6.07) is 7.13. The minimum absolute atomic E-state index is 0.0372. The monoisotopic (exact) mass is 407 g/mol. The lowest BCUT2D eigenvalue weighted by atomic mass is 10.0. The molecule has 0 fully saturated rings. The fourth-order valence-electron chi connectivity index (χ4n) is 2.63. The number of carbonyl (C=O) groups excluding carboxylic acids is 1. The molecule has 0 aliphatic carbocycles. The number of carbonyl (C=O) groups is 1. The van der Waals surface area contributed by atoms with E-state index in [0.29, 0.717) is 23.5 Å². The Morgan fingerprint density at radius 1 is 1.12 bits per heavy atom. The summed E-state index contributed by atoms with van der Waals surface area (Å²) in [5, 5.41) is 3.14. The Morgan fingerprint density at radius 2 is 1.76 bits per heavy atom. The molecule has 0 radical (unpaired) electrons. The number of nitrogens with one attached hydrogen (secondary N) is 1. The minimum Gasteiger partial charge on any atom is -0.371 e. The normalized spacial score (nSPS) is 10.7. The van der Waals surface area contributed by atoms with Crippen LogP contribution in [0.1, 0.15) is 35.7 Å². The Labute approximate surface area is 154 Å². The number of hydrogen-bond donors (Lipinski definition) is 1. The van der Waals surface area contributed by atoms with E-state index in [-0.39, 0.29) is 29.9 Å². The maximum absolute atomic E-state index is 12.5. The first kappa shape index (κ1) is 19.2. The third-order valence-electron chi connectivity index (χ3n) is 4.07. The highest BCUT2D eigenvalue weighted by molar-refractivity contribution is 9.10. The first-order chi connectivity index (χ1) is 11.9. The highest BCUT2D eigenvalue weighted by Gasteiger charge is 2.17. The zero-order valence-electron chi connectivity index (χ0n) is 14.6. The smallest absolute Gasteiger partial charge is 0.332 e. The molecule has 2 rings (SSSR count). The molecular formula is C18H22BrN3O3. The molecule has 1 N–H and O–H groups in total. The molecule has 6 nitrogen and oxygen atoms in total. The van der Waals surface area contributed by atoms with E-state index in [4.69, 9.17) is 0 Å². The van der Waals surface area contributed by atoms with Crippen LogP contribution < -0.4 is 16.6 Å². The van der Waals surface area contributed by atoms with Crippen LogP contribution in [0.25, 0.3) is 0 Å². The topological polar surface area (TPSA) is 73.1 Å². The highest BCUT2D eigenvalue weighted by atomic mass is 79.9. The van der Waals surface area contributed by atoms with Crippen LogP contribution in [0.15, 0.2) is 38.3 Å². The molecule has 0 saturated heterocycles. The molecule has 134 valence electrons. The van der Waals surface area contributed by atoms with Gasteiger partial charge in [-0.1, -0.05) is 35.0 Å².